The van der Waals surface area contributed by atoms with Gasteiger partial charge in [0.2, 0.25) is 10.0 Å². The van der Waals surface area contributed by atoms with Crippen molar-refractivity contribution in [1.82, 2.24) is 29.0 Å². The van der Waals surface area contributed by atoms with E-state index in [2.05, 4.69) is 16.0 Å². The molecule has 172 valence electrons. The standard InChI is InChI=1S/C23H21N7O3S/c1-15-21(31)10-16(12-26-15)19-11-20-17(4-3-8-25-20)22(27-19)18-5-9-30(28-18)23(6-7-24)13-29(14-23)34(2,32)33/h3-5,8-12,31H,6,13-14H2,1-2H3. The Morgan fingerprint density at radius 3 is 2.71 bits per heavy atom. The number of hydrogen-bond donors (Lipinski definition) is 1. The van der Waals surface area contributed by atoms with Crippen LogP contribution in [-0.4, -0.2) is 61.9 Å². The van der Waals surface area contributed by atoms with Crippen molar-refractivity contribution >= 4 is 20.9 Å². The molecule has 11 heteroatoms. The van der Waals surface area contributed by atoms with E-state index in [1.54, 1.807) is 42.3 Å². The summed E-state index contributed by atoms with van der Waals surface area (Å²) in [6, 6.07) is 11.1. The number of aromatic hydroxyl groups is 1. The Bertz CT molecular complexity index is 1570. The van der Waals surface area contributed by atoms with Crippen LogP contribution in [0.15, 0.2) is 48.9 Å². The topological polar surface area (TPSA) is 138 Å². The molecule has 0 saturated carbocycles. The van der Waals surface area contributed by atoms with Gasteiger partial charge in [0, 0.05) is 42.6 Å². The molecule has 5 rings (SSSR count). The third-order valence-corrected chi connectivity index (χ3v) is 7.29. The summed E-state index contributed by atoms with van der Waals surface area (Å²) in [6.45, 7) is 2.09. The van der Waals surface area contributed by atoms with Gasteiger partial charge in [-0.25, -0.2) is 13.4 Å². The number of rotatable bonds is 5. The molecule has 4 aromatic rings. The predicted octanol–water partition coefficient (Wildman–Crippen LogP) is 2.45. The van der Waals surface area contributed by atoms with Crippen LogP contribution in [0.5, 0.6) is 5.75 Å². The van der Waals surface area contributed by atoms with Crippen LogP contribution in [-0.2, 0) is 15.6 Å². The molecule has 0 spiro atoms. The first kappa shape index (κ1) is 21.9. The highest BCUT2D eigenvalue weighted by Gasteiger charge is 2.49. The maximum Gasteiger partial charge on any atom is 0.211 e. The second-order valence-corrected chi connectivity index (χ2v) is 10.5. The first-order valence-electron chi connectivity index (χ1n) is 10.5. The minimum absolute atomic E-state index is 0.0742. The van der Waals surface area contributed by atoms with E-state index in [1.807, 2.05) is 18.2 Å². The number of aryl methyl sites for hydroxylation is 1. The van der Waals surface area contributed by atoms with Crippen molar-refractivity contribution in [3.63, 3.8) is 0 Å². The van der Waals surface area contributed by atoms with Gasteiger partial charge in [-0.05, 0) is 37.3 Å². The van der Waals surface area contributed by atoms with Gasteiger partial charge in [0.1, 0.15) is 22.7 Å². The molecular formula is C23H21N7O3S. The van der Waals surface area contributed by atoms with Gasteiger partial charge in [-0.15, -0.1) is 0 Å². The molecule has 1 aliphatic heterocycles. The van der Waals surface area contributed by atoms with Crippen LogP contribution in [0.1, 0.15) is 12.1 Å². The van der Waals surface area contributed by atoms with Gasteiger partial charge in [-0.2, -0.15) is 14.7 Å². The average molecular weight is 476 g/mol. The van der Waals surface area contributed by atoms with Gasteiger partial charge >= 0.3 is 0 Å². The maximum atomic E-state index is 11.9. The van der Waals surface area contributed by atoms with Gasteiger partial charge in [-0.1, -0.05) is 0 Å². The fraction of sp³-hybridized carbons (Fsp3) is 0.261. The van der Waals surface area contributed by atoms with Crippen LogP contribution in [0, 0.1) is 18.3 Å². The molecule has 34 heavy (non-hydrogen) atoms. The van der Waals surface area contributed by atoms with Crippen molar-refractivity contribution in [2.75, 3.05) is 19.3 Å². The van der Waals surface area contributed by atoms with Gasteiger partial charge in [-0.3, -0.25) is 14.6 Å². The summed E-state index contributed by atoms with van der Waals surface area (Å²) >= 11 is 0. The summed E-state index contributed by atoms with van der Waals surface area (Å²) in [7, 11) is -3.34. The smallest absolute Gasteiger partial charge is 0.211 e. The van der Waals surface area contributed by atoms with Crippen molar-refractivity contribution in [3.05, 3.63) is 54.6 Å². The Kier molecular flexibility index (Phi) is 5.07. The second-order valence-electron chi connectivity index (χ2n) is 8.49. The fourth-order valence-electron chi connectivity index (χ4n) is 4.12. The molecule has 0 radical (unpaired) electrons. The second kappa shape index (κ2) is 7.86. The van der Waals surface area contributed by atoms with E-state index in [0.29, 0.717) is 33.9 Å². The van der Waals surface area contributed by atoms with Crippen LogP contribution >= 0.6 is 0 Å². The zero-order valence-electron chi connectivity index (χ0n) is 18.5. The summed E-state index contributed by atoms with van der Waals surface area (Å²) in [5.74, 6) is 0.0742. The fourth-order valence-corrected chi connectivity index (χ4v) is 5.07. The molecular weight excluding hydrogens is 454 g/mol. The molecule has 4 aromatic heterocycles. The Morgan fingerprint density at radius 1 is 1.21 bits per heavy atom. The normalized spacial score (nSPS) is 15.7. The van der Waals surface area contributed by atoms with E-state index in [4.69, 9.17) is 10.1 Å². The summed E-state index contributed by atoms with van der Waals surface area (Å²) in [5, 5.41) is 25.0. The van der Waals surface area contributed by atoms with Crippen molar-refractivity contribution in [3.8, 4) is 34.5 Å². The lowest BCUT2D eigenvalue weighted by Gasteiger charge is -2.47. The average Bonchev–Trinajstić information content (AvgIpc) is 3.26. The van der Waals surface area contributed by atoms with Crippen LogP contribution in [0.2, 0.25) is 0 Å². The number of pyridine rings is 3. The van der Waals surface area contributed by atoms with Gasteiger partial charge in [0.15, 0.2) is 0 Å². The van der Waals surface area contributed by atoms with E-state index in [-0.39, 0.29) is 25.3 Å². The molecule has 1 fully saturated rings. The zero-order chi connectivity index (χ0) is 24.1. The highest BCUT2D eigenvalue weighted by Crippen LogP contribution is 2.36. The molecule has 1 N–H and O–H groups in total. The molecule has 5 heterocycles. The lowest BCUT2D eigenvalue weighted by molar-refractivity contribution is 0.0726. The van der Waals surface area contributed by atoms with E-state index in [0.717, 1.165) is 11.6 Å². The third-order valence-electron chi connectivity index (χ3n) is 6.09. The number of nitrogens with zero attached hydrogens (tertiary/aromatic N) is 7. The molecule has 0 amide bonds. The maximum absolute atomic E-state index is 11.9. The summed E-state index contributed by atoms with van der Waals surface area (Å²) < 4.78 is 26.8. The van der Waals surface area contributed by atoms with E-state index < -0.39 is 15.6 Å². The molecule has 0 unspecified atom stereocenters. The highest BCUT2D eigenvalue weighted by atomic mass is 32.2. The number of nitriles is 1. The Labute approximate surface area is 196 Å². The molecule has 0 atom stereocenters. The predicted molar refractivity (Wildman–Crippen MR) is 125 cm³/mol. The first-order chi connectivity index (χ1) is 16.2. The minimum atomic E-state index is -3.34. The molecule has 0 aliphatic carbocycles. The Morgan fingerprint density at radius 2 is 2.00 bits per heavy atom. The van der Waals surface area contributed by atoms with Crippen molar-refractivity contribution in [1.29, 1.82) is 5.26 Å². The zero-order valence-corrected chi connectivity index (χ0v) is 19.4. The van der Waals surface area contributed by atoms with Crippen molar-refractivity contribution in [2.24, 2.45) is 0 Å². The summed E-state index contributed by atoms with van der Waals surface area (Å²) in [4.78, 5) is 13.5. The lowest BCUT2D eigenvalue weighted by atomic mass is 9.89. The van der Waals surface area contributed by atoms with Crippen LogP contribution in [0.25, 0.3) is 33.5 Å². The Balaban J connectivity index is 1.60. The molecule has 0 bridgehead atoms. The third kappa shape index (κ3) is 3.67. The first-order valence-corrected chi connectivity index (χ1v) is 12.4. The van der Waals surface area contributed by atoms with Crippen molar-refractivity contribution in [2.45, 2.75) is 18.9 Å². The number of fused-ring (bicyclic) bond motifs is 1. The van der Waals surface area contributed by atoms with Crippen LogP contribution in [0.3, 0.4) is 0 Å². The quantitative estimate of drug-likeness (QED) is 0.464. The SMILES string of the molecule is Cc1ncc(-c2cc3ncccc3c(-c3ccn(C4(CC#N)CN(S(C)(=O)=O)C4)n3)n2)cc1O. The lowest BCUT2D eigenvalue weighted by Crippen LogP contribution is -2.63. The summed E-state index contributed by atoms with van der Waals surface area (Å²) in [5.41, 5.74) is 2.88. The monoisotopic (exact) mass is 475 g/mol. The van der Waals surface area contributed by atoms with Gasteiger partial charge < -0.3 is 5.11 Å². The highest BCUT2D eigenvalue weighted by molar-refractivity contribution is 7.88. The van der Waals surface area contributed by atoms with Gasteiger partial charge in [0.05, 0.1) is 35.7 Å². The van der Waals surface area contributed by atoms with Gasteiger partial charge in [0.25, 0.3) is 0 Å². The van der Waals surface area contributed by atoms with E-state index in [1.165, 1.54) is 4.31 Å². The number of hydrogen-bond acceptors (Lipinski definition) is 8. The van der Waals surface area contributed by atoms with Crippen LogP contribution < -0.4 is 0 Å². The minimum Gasteiger partial charge on any atom is -0.506 e. The molecule has 0 aromatic carbocycles. The summed E-state index contributed by atoms with van der Waals surface area (Å²) in [6.07, 6.45) is 6.37. The van der Waals surface area contributed by atoms with E-state index >= 15 is 0 Å². The molecule has 1 aliphatic rings. The van der Waals surface area contributed by atoms with Crippen molar-refractivity contribution < 1.29 is 13.5 Å². The largest absolute Gasteiger partial charge is 0.506 e. The van der Waals surface area contributed by atoms with E-state index in [9.17, 15) is 18.8 Å². The molecule has 10 nitrogen and oxygen atoms in total. The van der Waals surface area contributed by atoms with Crippen LogP contribution in [0.4, 0.5) is 0 Å². The molecule has 1 saturated heterocycles. The number of aromatic nitrogens is 5. The Hall–Kier alpha value is -3.88. The number of sulfonamides is 1.